The van der Waals surface area contributed by atoms with Gasteiger partial charge in [0.2, 0.25) is 0 Å². The van der Waals surface area contributed by atoms with Crippen LogP contribution < -0.4 is 5.32 Å². The molecule has 0 spiro atoms. The number of hydrogen-bond donors (Lipinski definition) is 1. The minimum atomic E-state index is -0.889. The largest absolute Gasteiger partial charge is 0.468 e. The molecule has 154 valence electrons. The van der Waals surface area contributed by atoms with E-state index in [0.717, 1.165) is 15.7 Å². The molecule has 3 rings (SSSR count). The van der Waals surface area contributed by atoms with Crippen LogP contribution in [0.4, 0.5) is 0 Å². The standard InChI is InChI=1S/C22H24BrNO5/c1-5-29-22(27)17-12(3)24-15-10-11(2)16(21(26)28-4)20(25)19(15)18(17)13-6-8-14(23)9-7-13/h6-9,11,16,18,24H,5,10H2,1-4H3/t11-,16-,18+/m0/s1. The van der Waals surface area contributed by atoms with Crippen molar-refractivity contribution in [3.05, 3.63) is 56.8 Å². The third-order valence-electron chi connectivity index (χ3n) is 5.44. The highest BCUT2D eigenvalue weighted by molar-refractivity contribution is 9.10. The Bertz CT molecular complexity index is 916. The van der Waals surface area contributed by atoms with Gasteiger partial charge in [0.05, 0.1) is 19.3 Å². The smallest absolute Gasteiger partial charge is 0.336 e. The summed E-state index contributed by atoms with van der Waals surface area (Å²) in [6, 6.07) is 7.47. The van der Waals surface area contributed by atoms with Gasteiger partial charge in [-0.3, -0.25) is 9.59 Å². The number of nitrogens with one attached hydrogen (secondary N) is 1. The van der Waals surface area contributed by atoms with Crippen LogP contribution in [0, 0.1) is 11.8 Å². The number of halogens is 1. The average Bonchev–Trinajstić information content (AvgIpc) is 2.67. The molecule has 0 saturated heterocycles. The SMILES string of the molecule is CCOC(=O)C1=C(C)NC2=C(C(=O)[C@@H](C(=O)OC)[C@@H](C)C2)[C@@H]1c1ccc(Br)cc1. The van der Waals surface area contributed by atoms with Gasteiger partial charge in [-0.25, -0.2) is 4.79 Å². The number of dihydropyridines is 1. The number of rotatable bonds is 4. The van der Waals surface area contributed by atoms with E-state index in [0.29, 0.717) is 23.3 Å². The van der Waals surface area contributed by atoms with Gasteiger partial charge in [0.25, 0.3) is 0 Å². The van der Waals surface area contributed by atoms with Crippen molar-refractivity contribution >= 4 is 33.7 Å². The lowest BCUT2D eigenvalue weighted by molar-refractivity contribution is -0.151. The Kier molecular flexibility index (Phi) is 6.27. The number of carbonyl (C=O) groups excluding carboxylic acids is 3. The summed E-state index contributed by atoms with van der Waals surface area (Å²) in [7, 11) is 1.28. The molecule has 1 aromatic carbocycles. The van der Waals surface area contributed by atoms with E-state index >= 15 is 0 Å². The molecular formula is C22H24BrNO5. The fourth-order valence-electron chi connectivity index (χ4n) is 4.15. The highest BCUT2D eigenvalue weighted by Gasteiger charge is 2.47. The Morgan fingerprint density at radius 3 is 2.48 bits per heavy atom. The van der Waals surface area contributed by atoms with E-state index in [1.54, 1.807) is 6.92 Å². The number of Topliss-reactive ketones (excluding diaryl/α,β-unsaturated/α-hetero) is 1. The molecule has 0 fully saturated rings. The predicted molar refractivity (Wildman–Crippen MR) is 111 cm³/mol. The van der Waals surface area contributed by atoms with Crippen molar-refractivity contribution in [2.24, 2.45) is 11.8 Å². The number of methoxy groups -OCH3 is 1. The molecular weight excluding hydrogens is 438 g/mol. The van der Waals surface area contributed by atoms with E-state index in [9.17, 15) is 14.4 Å². The Balaban J connectivity index is 2.18. The number of ketones is 1. The molecule has 0 radical (unpaired) electrons. The summed E-state index contributed by atoms with van der Waals surface area (Å²) in [5.74, 6) is -3.03. The normalized spacial score (nSPS) is 24.0. The van der Waals surface area contributed by atoms with Crippen LogP contribution in [0.15, 0.2) is 51.3 Å². The van der Waals surface area contributed by atoms with Crippen LogP contribution in [-0.4, -0.2) is 31.4 Å². The second kappa shape index (κ2) is 8.53. The fraction of sp³-hybridized carbons (Fsp3) is 0.409. The molecule has 1 heterocycles. The zero-order chi connectivity index (χ0) is 21.3. The fourth-order valence-corrected chi connectivity index (χ4v) is 4.41. The van der Waals surface area contributed by atoms with Crippen molar-refractivity contribution in [2.45, 2.75) is 33.1 Å². The quantitative estimate of drug-likeness (QED) is 0.544. The Hall–Kier alpha value is -2.41. The van der Waals surface area contributed by atoms with Gasteiger partial charge in [-0.2, -0.15) is 0 Å². The van der Waals surface area contributed by atoms with Crippen molar-refractivity contribution in [1.29, 1.82) is 0 Å². The third kappa shape index (κ3) is 3.88. The molecule has 2 aliphatic rings. The van der Waals surface area contributed by atoms with E-state index < -0.39 is 23.8 Å². The predicted octanol–water partition coefficient (Wildman–Crippen LogP) is 3.63. The maximum absolute atomic E-state index is 13.5. The van der Waals surface area contributed by atoms with Crippen molar-refractivity contribution in [2.75, 3.05) is 13.7 Å². The van der Waals surface area contributed by atoms with E-state index in [1.807, 2.05) is 38.1 Å². The van der Waals surface area contributed by atoms with Gasteiger partial charge in [0, 0.05) is 27.4 Å². The van der Waals surface area contributed by atoms with Crippen LogP contribution in [0.2, 0.25) is 0 Å². The molecule has 0 bridgehead atoms. The maximum Gasteiger partial charge on any atom is 0.336 e. The summed E-state index contributed by atoms with van der Waals surface area (Å²) in [5, 5.41) is 3.23. The first-order valence-corrected chi connectivity index (χ1v) is 10.3. The first-order chi connectivity index (χ1) is 13.8. The first kappa shape index (κ1) is 21.3. The number of benzene rings is 1. The number of hydrogen-bond acceptors (Lipinski definition) is 6. The van der Waals surface area contributed by atoms with Crippen molar-refractivity contribution in [3.8, 4) is 0 Å². The van der Waals surface area contributed by atoms with Gasteiger partial charge in [0.15, 0.2) is 5.78 Å². The molecule has 29 heavy (non-hydrogen) atoms. The van der Waals surface area contributed by atoms with Gasteiger partial charge in [-0.05, 0) is 43.9 Å². The lowest BCUT2D eigenvalue weighted by atomic mass is 9.69. The zero-order valence-electron chi connectivity index (χ0n) is 16.9. The molecule has 6 nitrogen and oxygen atoms in total. The second-order valence-corrected chi connectivity index (χ2v) is 8.22. The molecule has 0 aromatic heterocycles. The van der Waals surface area contributed by atoms with Crippen molar-refractivity contribution < 1.29 is 23.9 Å². The van der Waals surface area contributed by atoms with Gasteiger partial charge < -0.3 is 14.8 Å². The minimum absolute atomic E-state index is 0.205. The first-order valence-electron chi connectivity index (χ1n) is 9.55. The lowest BCUT2D eigenvalue weighted by Crippen LogP contribution is -2.43. The molecule has 0 amide bonds. The van der Waals surface area contributed by atoms with Crippen LogP contribution in [-0.2, 0) is 23.9 Å². The highest BCUT2D eigenvalue weighted by atomic mass is 79.9. The van der Waals surface area contributed by atoms with Crippen molar-refractivity contribution in [1.82, 2.24) is 5.32 Å². The molecule has 7 heteroatoms. The van der Waals surface area contributed by atoms with E-state index in [2.05, 4.69) is 21.2 Å². The molecule has 1 N–H and O–H groups in total. The molecule has 0 saturated carbocycles. The number of ether oxygens (including phenoxy) is 2. The molecule has 1 aromatic rings. The number of carbonyl (C=O) groups is 3. The molecule has 3 atom stereocenters. The number of allylic oxidation sites excluding steroid dienone is 3. The lowest BCUT2D eigenvalue weighted by Gasteiger charge is -2.38. The van der Waals surface area contributed by atoms with E-state index in [-0.39, 0.29) is 18.3 Å². The van der Waals surface area contributed by atoms with Crippen LogP contribution in [0.5, 0.6) is 0 Å². The van der Waals surface area contributed by atoms with Gasteiger partial charge in [-0.1, -0.05) is 35.0 Å². The van der Waals surface area contributed by atoms with Crippen LogP contribution in [0.1, 0.15) is 38.7 Å². The summed E-state index contributed by atoms with van der Waals surface area (Å²) in [4.78, 5) is 38.6. The van der Waals surface area contributed by atoms with Gasteiger partial charge in [-0.15, -0.1) is 0 Å². The molecule has 0 unspecified atom stereocenters. The maximum atomic E-state index is 13.5. The topological polar surface area (TPSA) is 81.7 Å². The van der Waals surface area contributed by atoms with Crippen LogP contribution in [0.25, 0.3) is 0 Å². The van der Waals surface area contributed by atoms with Gasteiger partial charge >= 0.3 is 11.9 Å². The highest BCUT2D eigenvalue weighted by Crippen LogP contribution is 2.45. The second-order valence-electron chi connectivity index (χ2n) is 7.31. The summed E-state index contributed by atoms with van der Waals surface area (Å²) in [6.45, 7) is 5.64. The average molecular weight is 462 g/mol. The van der Waals surface area contributed by atoms with Crippen LogP contribution in [0.3, 0.4) is 0 Å². The summed E-state index contributed by atoms with van der Waals surface area (Å²) in [5.41, 5.74) is 3.03. The summed E-state index contributed by atoms with van der Waals surface area (Å²) >= 11 is 3.42. The zero-order valence-corrected chi connectivity index (χ0v) is 18.5. The van der Waals surface area contributed by atoms with E-state index in [4.69, 9.17) is 9.47 Å². The van der Waals surface area contributed by atoms with Gasteiger partial charge in [0.1, 0.15) is 5.92 Å². The summed E-state index contributed by atoms with van der Waals surface area (Å²) in [6.07, 6.45) is 0.515. The minimum Gasteiger partial charge on any atom is -0.468 e. The Labute approximate surface area is 178 Å². The Morgan fingerprint density at radius 2 is 1.90 bits per heavy atom. The van der Waals surface area contributed by atoms with E-state index in [1.165, 1.54) is 7.11 Å². The Morgan fingerprint density at radius 1 is 1.24 bits per heavy atom. The molecule has 1 aliphatic heterocycles. The molecule has 1 aliphatic carbocycles. The van der Waals surface area contributed by atoms with Crippen molar-refractivity contribution in [3.63, 3.8) is 0 Å². The summed E-state index contributed by atoms with van der Waals surface area (Å²) < 4.78 is 11.1. The monoisotopic (exact) mass is 461 g/mol. The van der Waals surface area contributed by atoms with Crippen LogP contribution >= 0.6 is 15.9 Å². The number of esters is 2. The third-order valence-corrected chi connectivity index (χ3v) is 5.97.